The van der Waals surface area contributed by atoms with E-state index in [9.17, 15) is 8.42 Å². The molecule has 8 nitrogen and oxygen atoms in total. The fraction of sp³-hybridized carbons (Fsp3) is 0.423. The number of hydrogen-bond acceptors (Lipinski definition) is 7. The van der Waals surface area contributed by atoms with Crippen LogP contribution in [0.5, 0.6) is 0 Å². The Balaban J connectivity index is 1.53. The first-order chi connectivity index (χ1) is 17.6. The molecule has 0 bridgehead atoms. The average molecular weight is 536 g/mol. The molecule has 4 heterocycles. The summed E-state index contributed by atoms with van der Waals surface area (Å²) in [5.74, 6) is 1.32. The minimum atomic E-state index is -2.97. The van der Waals surface area contributed by atoms with Crippen LogP contribution < -0.4 is 10.8 Å². The number of hydrogen-bond donors (Lipinski definition) is 1. The van der Waals surface area contributed by atoms with Crippen LogP contribution >= 0.6 is 0 Å². The lowest BCUT2D eigenvalue weighted by atomic mass is 9.85. The summed E-state index contributed by atoms with van der Waals surface area (Å²) in [5, 5.41) is 9.21. The van der Waals surface area contributed by atoms with Crippen LogP contribution in [0, 0.1) is 0 Å². The number of aromatic nitrogens is 4. The van der Waals surface area contributed by atoms with Crippen molar-refractivity contribution in [2.24, 2.45) is 0 Å². The normalized spacial score (nSPS) is 16.4. The lowest BCUT2D eigenvalue weighted by Crippen LogP contribution is -2.30. The quantitative estimate of drug-likeness (QED) is 0.210. The molecule has 0 atom stereocenters. The highest BCUT2D eigenvalue weighted by Crippen LogP contribution is 2.32. The predicted octanol–water partition coefficient (Wildman–Crippen LogP) is 3.22. The molecule has 1 aromatic carbocycles. The van der Waals surface area contributed by atoms with Gasteiger partial charge in [0.2, 0.25) is 0 Å². The zero-order valence-electron chi connectivity index (χ0n) is 22.0. The van der Waals surface area contributed by atoms with Crippen LogP contribution in [-0.2, 0) is 14.6 Å². The second kappa shape index (κ2) is 10.2. The monoisotopic (exact) mass is 535 g/mol. The Bertz CT molecular complexity index is 1540. The second-order valence-corrected chi connectivity index (χ2v) is 19.1. The number of fused-ring (bicyclic) bond motifs is 2. The van der Waals surface area contributed by atoms with Crippen LogP contribution in [0.3, 0.4) is 0 Å². The molecular weight excluding hydrogens is 501 g/mol. The second-order valence-electron chi connectivity index (χ2n) is 11.1. The molecule has 11 heteroatoms. The van der Waals surface area contributed by atoms with Crippen LogP contribution in [-0.4, -0.2) is 68.8 Å². The molecule has 5 rings (SSSR count). The van der Waals surface area contributed by atoms with Crippen molar-refractivity contribution in [2.45, 2.75) is 44.4 Å². The van der Waals surface area contributed by atoms with Gasteiger partial charge >= 0.3 is 0 Å². The van der Waals surface area contributed by atoms with Gasteiger partial charge in [0.15, 0.2) is 5.65 Å². The number of benzene rings is 1. The zero-order chi connectivity index (χ0) is 26.2. The first-order valence-electron chi connectivity index (χ1n) is 12.9. The number of nitrogens with one attached hydrogen (secondary N) is 1. The maximum Gasteiger partial charge on any atom is 0.165 e. The Labute approximate surface area is 220 Å². The van der Waals surface area contributed by atoms with E-state index in [-0.39, 0.29) is 17.4 Å². The van der Waals surface area contributed by atoms with E-state index in [2.05, 4.69) is 36.0 Å². The summed E-state index contributed by atoms with van der Waals surface area (Å²) in [6.45, 7) is 8.10. The SMILES string of the molecule is Bc1c(C2CCS(=O)(=O)CC2)nc2c(-c3cnc4ccccc4c3)cnn2c1NCOCC[Si](C)(C)C. The molecule has 0 unspecified atom stereocenters. The molecular formula is C26H34BN5O3SSi. The standard InChI is InChI=1S/C26H34BN5O3SSi/c1-37(2,3)13-10-35-17-29-26-23(27)24(18-8-11-36(33,34)12-9-18)31-25-21(16-30-32(25)26)20-14-19-6-4-5-7-22(19)28-15-20/h4-7,14-16,18,29H,8-13,17,27H2,1-3H3. The van der Waals surface area contributed by atoms with Gasteiger partial charge in [-0.05, 0) is 36.5 Å². The Morgan fingerprint density at radius 3 is 2.68 bits per heavy atom. The minimum Gasteiger partial charge on any atom is -0.362 e. The van der Waals surface area contributed by atoms with Crippen molar-refractivity contribution >= 4 is 53.6 Å². The molecule has 0 spiro atoms. The van der Waals surface area contributed by atoms with E-state index in [1.54, 1.807) is 0 Å². The van der Waals surface area contributed by atoms with Crippen molar-refractivity contribution in [1.82, 2.24) is 19.6 Å². The first kappa shape index (κ1) is 25.9. The van der Waals surface area contributed by atoms with Crippen LogP contribution in [0.25, 0.3) is 27.7 Å². The maximum atomic E-state index is 12.1. The smallest absolute Gasteiger partial charge is 0.165 e. The van der Waals surface area contributed by atoms with Gasteiger partial charge in [0.1, 0.15) is 30.2 Å². The molecule has 1 aliphatic rings. The fourth-order valence-corrected chi connectivity index (χ4v) is 7.10. The van der Waals surface area contributed by atoms with Gasteiger partial charge in [0, 0.05) is 49.0 Å². The molecule has 1 saturated heterocycles. The summed E-state index contributed by atoms with van der Waals surface area (Å²) in [6, 6.07) is 11.2. The third-order valence-corrected chi connectivity index (χ3v) is 10.5. The van der Waals surface area contributed by atoms with Crippen molar-refractivity contribution < 1.29 is 13.2 Å². The van der Waals surface area contributed by atoms with Gasteiger partial charge in [-0.3, -0.25) is 4.98 Å². The highest BCUT2D eigenvalue weighted by Gasteiger charge is 2.29. The van der Waals surface area contributed by atoms with Crippen molar-refractivity contribution in [3.05, 3.63) is 48.4 Å². The van der Waals surface area contributed by atoms with E-state index < -0.39 is 17.9 Å². The van der Waals surface area contributed by atoms with Crippen molar-refractivity contribution in [1.29, 1.82) is 0 Å². The number of ether oxygens (including phenoxy) is 1. The van der Waals surface area contributed by atoms with Gasteiger partial charge in [0.05, 0.1) is 23.2 Å². The predicted molar refractivity (Wildman–Crippen MR) is 155 cm³/mol. The number of para-hydroxylation sites is 1. The molecule has 194 valence electrons. The van der Waals surface area contributed by atoms with Gasteiger partial charge in [-0.1, -0.05) is 37.8 Å². The molecule has 37 heavy (non-hydrogen) atoms. The summed E-state index contributed by atoms with van der Waals surface area (Å²) >= 11 is 0. The van der Waals surface area contributed by atoms with E-state index in [4.69, 9.17) is 14.8 Å². The molecule has 4 aromatic rings. The summed E-state index contributed by atoms with van der Waals surface area (Å²) in [6.07, 6.45) is 4.86. The number of rotatable bonds is 8. The van der Waals surface area contributed by atoms with Crippen molar-refractivity contribution in [3.8, 4) is 11.1 Å². The summed E-state index contributed by atoms with van der Waals surface area (Å²) in [4.78, 5) is 9.74. The lowest BCUT2D eigenvalue weighted by molar-refractivity contribution is 0.165. The Morgan fingerprint density at radius 2 is 1.92 bits per heavy atom. The van der Waals surface area contributed by atoms with E-state index >= 15 is 0 Å². The van der Waals surface area contributed by atoms with Crippen LogP contribution in [0.1, 0.15) is 24.5 Å². The summed E-state index contributed by atoms with van der Waals surface area (Å²) in [5.41, 5.74) is 5.42. The minimum absolute atomic E-state index is 0.0827. The van der Waals surface area contributed by atoms with Crippen LogP contribution in [0.2, 0.25) is 25.7 Å². The highest BCUT2D eigenvalue weighted by atomic mass is 32.2. The van der Waals surface area contributed by atoms with Crippen LogP contribution in [0.4, 0.5) is 5.82 Å². The van der Waals surface area contributed by atoms with E-state index in [1.807, 2.05) is 49.0 Å². The Hall–Kier alpha value is -2.76. The van der Waals surface area contributed by atoms with Gasteiger partial charge in [0.25, 0.3) is 0 Å². The average Bonchev–Trinajstić information content (AvgIpc) is 3.27. The van der Waals surface area contributed by atoms with Gasteiger partial charge in [-0.2, -0.15) is 9.61 Å². The molecule has 0 radical (unpaired) electrons. The number of anilines is 1. The lowest BCUT2D eigenvalue weighted by Gasteiger charge is -2.25. The number of nitrogens with zero attached hydrogens (tertiary/aromatic N) is 4. The zero-order valence-corrected chi connectivity index (χ0v) is 23.8. The molecule has 0 amide bonds. The van der Waals surface area contributed by atoms with Crippen molar-refractivity contribution in [3.63, 3.8) is 0 Å². The highest BCUT2D eigenvalue weighted by molar-refractivity contribution is 7.91. The Morgan fingerprint density at radius 1 is 1.16 bits per heavy atom. The molecule has 1 N–H and O–H groups in total. The van der Waals surface area contributed by atoms with Crippen molar-refractivity contribution in [2.75, 3.05) is 30.2 Å². The van der Waals surface area contributed by atoms with Gasteiger partial charge in [-0.25, -0.2) is 13.4 Å². The molecule has 1 fully saturated rings. The van der Waals surface area contributed by atoms with Gasteiger partial charge in [-0.15, -0.1) is 0 Å². The third-order valence-electron chi connectivity index (χ3n) is 7.10. The fourth-order valence-electron chi connectivity index (χ4n) is 4.85. The first-order valence-corrected chi connectivity index (χ1v) is 18.4. The van der Waals surface area contributed by atoms with Gasteiger partial charge < -0.3 is 10.1 Å². The molecule has 3 aromatic heterocycles. The largest absolute Gasteiger partial charge is 0.362 e. The third kappa shape index (κ3) is 5.73. The maximum absolute atomic E-state index is 12.1. The number of sulfone groups is 1. The summed E-state index contributed by atoms with van der Waals surface area (Å²) in [7, 11) is -2.11. The Kier molecular flexibility index (Phi) is 7.12. The van der Waals surface area contributed by atoms with E-state index in [0.717, 1.165) is 57.3 Å². The topological polar surface area (TPSA) is 98.5 Å². The number of pyridine rings is 1. The molecule has 1 aliphatic heterocycles. The van der Waals surface area contributed by atoms with E-state index in [1.165, 1.54) is 0 Å². The molecule has 0 saturated carbocycles. The van der Waals surface area contributed by atoms with Crippen LogP contribution in [0.15, 0.2) is 42.7 Å². The van der Waals surface area contributed by atoms with E-state index in [0.29, 0.717) is 19.6 Å². The summed E-state index contributed by atoms with van der Waals surface area (Å²) < 4.78 is 32.0. The molecule has 0 aliphatic carbocycles.